The van der Waals surface area contributed by atoms with Gasteiger partial charge >= 0.3 is 0 Å². The Morgan fingerprint density at radius 2 is 1.68 bits per heavy atom. The number of benzene rings is 2. The van der Waals surface area contributed by atoms with E-state index in [4.69, 9.17) is 0 Å². The van der Waals surface area contributed by atoms with Gasteiger partial charge in [-0.25, -0.2) is 0 Å². The molecule has 1 aromatic heterocycles. The van der Waals surface area contributed by atoms with Crippen LogP contribution < -0.4 is 5.32 Å². The Morgan fingerprint density at radius 3 is 2.42 bits per heavy atom. The maximum atomic E-state index is 12.2. The summed E-state index contributed by atoms with van der Waals surface area (Å²) >= 11 is 0. The molecule has 3 nitrogen and oxygen atoms in total. The molecular formula is C16H14N2O. The van der Waals surface area contributed by atoms with Crippen LogP contribution in [0.4, 0.5) is 0 Å². The molecule has 0 atom stereocenters. The highest BCUT2D eigenvalue weighted by atomic mass is 16.1. The molecule has 0 aliphatic rings. The lowest BCUT2D eigenvalue weighted by molar-refractivity contribution is 0.0965. The lowest BCUT2D eigenvalue weighted by Gasteiger charge is -2.03. The number of hydrogen-bond acceptors (Lipinski definition) is 1. The molecule has 0 aliphatic carbocycles. The normalized spacial score (nSPS) is 10.6. The van der Waals surface area contributed by atoms with Crippen molar-refractivity contribution in [2.75, 3.05) is 7.05 Å². The van der Waals surface area contributed by atoms with Gasteiger partial charge in [-0.3, -0.25) is 4.79 Å². The second-order valence-electron chi connectivity index (χ2n) is 4.37. The van der Waals surface area contributed by atoms with Gasteiger partial charge in [-0.15, -0.1) is 0 Å². The van der Waals surface area contributed by atoms with Gasteiger partial charge in [-0.2, -0.15) is 0 Å². The van der Waals surface area contributed by atoms with E-state index >= 15 is 0 Å². The molecule has 3 aromatic rings. The first kappa shape index (κ1) is 11.5. The fourth-order valence-electron chi connectivity index (χ4n) is 2.32. The number of aromatic nitrogens is 1. The van der Waals surface area contributed by atoms with Gasteiger partial charge in [-0.1, -0.05) is 48.5 Å². The Labute approximate surface area is 111 Å². The van der Waals surface area contributed by atoms with Gasteiger partial charge in [0.1, 0.15) is 0 Å². The van der Waals surface area contributed by atoms with E-state index in [2.05, 4.69) is 10.3 Å². The summed E-state index contributed by atoms with van der Waals surface area (Å²) in [7, 11) is 1.65. The van der Waals surface area contributed by atoms with E-state index in [1.165, 1.54) is 0 Å². The van der Waals surface area contributed by atoms with E-state index in [9.17, 15) is 4.79 Å². The van der Waals surface area contributed by atoms with Crippen LogP contribution in [-0.4, -0.2) is 17.9 Å². The van der Waals surface area contributed by atoms with Crippen molar-refractivity contribution in [2.45, 2.75) is 0 Å². The Morgan fingerprint density at radius 1 is 1.00 bits per heavy atom. The molecule has 0 aliphatic heterocycles. The Bertz CT molecular complexity index is 729. The van der Waals surface area contributed by atoms with Crippen LogP contribution in [0.15, 0.2) is 54.6 Å². The van der Waals surface area contributed by atoms with Crippen LogP contribution in [0.3, 0.4) is 0 Å². The second-order valence-corrected chi connectivity index (χ2v) is 4.37. The van der Waals surface area contributed by atoms with Crippen LogP contribution in [0, 0.1) is 0 Å². The fourth-order valence-corrected chi connectivity index (χ4v) is 2.32. The zero-order valence-corrected chi connectivity index (χ0v) is 10.6. The number of hydrogen-bond donors (Lipinski definition) is 2. The van der Waals surface area contributed by atoms with Gasteiger partial charge in [0.05, 0.1) is 11.3 Å². The zero-order chi connectivity index (χ0) is 13.2. The molecule has 2 aromatic carbocycles. The highest BCUT2D eigenvalue weighted by molar-refractivity contribution is 6.12. The number of rotatable bonds is 2. The molecule has 3 heteroatoms. The SMILES string of the molecule is CNC(=O)c1c(-c2ccccc2)[nH]c2ccccc12. The van der Waals surface area contributed by atoms with Crippen LogP contribution in [-0.2, 0) is 0 Å². The number of para-hydroxylation sites is 1. The van der Waals surface area contributed by atoms with E-state index in [0.717, 1.165) is 22.2 Å². The topological polar surface area (TPSA) is 44.9 Å². The molecule has 0 saturated heterocycles. The molecule has 2 N–H and O–H groups in total. The molecule has 0 bridgehead atoms. The van der Waals surface area contributed by atoms with Gasteiger partial charge in [0.15, 0.2) is 0 Å². The van der Waals surface area contributed by atoms with Gasteiger partial charge in [0.25, 0.3) is 5.91 Å². The summed E-state index contributed by atoms with van der Waals surface area (Å²) in [4.78, 5) is 15.5. The number of nitrogens with one attached hydrogen (secondary N) is 2. The van der Waals surface area contributed by atoms with E-state index in [0.29, 0.717) is 5.56 Å². The summed E-state index contributed by atoms with van der Waals surface area (Å²) in [6.07, 6.45) is 0. The largest absolute Gasteiger partial charge is 0.355 e. The molecule has 94 valence electrons. The van der Waals surface area contributed by atoms with Gasteiger partial charge < -0.3 is 10.3 Å². The Balaban J connectivity index is 2.32. The lowest BCUT2D eigenvalue weighted by Crippen LogP contribution is -2.18. The number of H-pyrrole nitrogens is 1. The number of carbonyl (C=O) groups is 1. The van der Waals surface area contributed by atoms with Gasteiger partial charge in [-0.05, 0) is 11.6 Å². The molecule has 19 heavy (non-hydrogen) atoms. The number of aromatic amines is 1. The lowest BCUT2D eigenvalue weighted by atomic mass is 10.0. The van der Waals surface area contributed by atoms with Crippen molar-refractivity contribution in [3.63, 3.8) is 0 Å². The number of fused-ring (bicyclic) bond motifs is 1. The summed E-state index contributed by atoms with van der Waals surface area (Å²) in [6, 6.07) is 17.7. The Hall–Kier alpha value is -2.55. The minimum Gasteiger partial charge on any atom is -0.355 e. The van der Waals surface area contributed by atoms with Crippen molar-refractivity contribution in [1.82, 2.24) is 10.3 Å². The first-order valence-corrected chi connectivity index (χ1v) is 6.19. The standard InChI is InChI=1S/C16H14N2O/c1-17-16(19)14-12-9-5-6-10-13(12)18-15(14)11-7-3-2-4-8-11/h2-10,18H,1H3,(H,17,19). The maximum Gasteiger partial charge on any atom is 0.253 e. The zero-order valence-electron chi connectivity index (χ0n) is 10.6. The quantitative estimate of drug-likeness (QED) is 0.720. The van der Waals surface area contributed by atoms with Crippen molar-refractivity contribution in [1.29, 1.82) is 0 Å². The van der Waals surface area contributed by atoms with Crippen LogP contribution in [0.25, 0.3) is 22.2 Å². The molecular weight excluding hydrogens is 236 g/mol. The molecule has 0 radical (unpaired) electrons. The molecule has 0 fully saturated rings. The predicted octanol–water partition coefficient (Wildman–Crippen LogP) is 3.19. The smallest absolute Gasteiger partial charge is 0.253 e. The highest BCUT2D eigenvalue weighted by Gasteiger charge is 2.17. The minimum atomic E-state index is -0.0729. The van der Waals surface area contributed by atoms with Crippen molar-refractivity contribution in [3.8, 4) is 11.3 Å². The van der Waals surface area contributed by atoms with Crippen LogP contribution in [0.1, 0.15) is 10.4 Å². The summed E-state index contributed by atoms with van der Waals surface area (Å²) in [5.74, 6) is -0.0729. The van der Waals surface area contributed by atoms with Crippen LogP contribution in [0.2, 0.25) is 0 Å². The predicted molar refractivity (Wildman–Crippen MR) is 77.1 cm³/mol. The van der Waals surface area contributed by atoms with Gasteiger partial charge in [0.2, 0.25) is 0 Å². The minimum absolute atomic E-state index is 0.0729. The first-order chi connectivity index (χ1) is 9.31. The monoisotopic (exact) mass is 250 g/mol. The van der Waals surface area contributed by atoms with Crippen molar-refractivity contribution in [2.24, 2.45) is 0 Å². The van der Waals surface area contributed by atoms with E-state index < -0.39 is 0 Å². The Kier molecular flexibility index (Phi) is 2.80. The van der Waals surface area contributed by atoms with Crippen LogP contribution in [0.5, 0.6) is 0 Å². The maximum absolute atomic E-state index is 12.2. The molecule has 0 saturated carbocycles. The first-order valence-electron chi connectivity index (χ1n) is 6.19. The fraction of sp³-hybridized carbons (Fsp3) is 0.0625. The van der Waals surface area contributed by atoms with Crippen LogP contribution >= 0.6 is 0 Å². The van der Waals surface area contributed by atoms with E-state index in [1.54, 1.807) is 7.05 Å². The summed E-state index contributed by atoms with van der Waals surface area (Å²) < 4.78 is 0. The average molecular weight is 250 g/mol. The van der Waals surface area contributed by atoms with Gasteiger partial charge in [0, 0.05) is 18.0 Å². The molecule has 0 spiro atoms. The summed E-state index contributed by atoms with van der Waals surface area (Å²) in [5, 5.41) is 3.66. The van der Waals surface area contributed by atoms with Crippen molar-refractivity contribution in [3.05, 3.63) is 60.2 Å². The molecule has 1 heterocycles. The second kappa shape index (κ2) is 4.61. The summed E-state index contributed by atoms with van der Waals surface area (Å²) in [5.41, 5.74) is 3.54. The molecule has 3 rings (SSSR count). The van der Waals surface area contributed by atoms with E-state index in [-0.39, 0.29) is 5.91 Å². The number of carbonyl (C=O) groups excluding carboxylic acids is 1. The third-order valence-corrected chi connectivity index (χ3v) is 3.22. The summed E-state index contributed by atoms with van der Waals surface area (Å²) in [6.45, 7) is 0. The van der Waals surface area contributed by atoms with Crippen molar-refractivity contribution >= 4 is 16.8 Å². The third kappa shape index (κ3) is 1.89. The van der Waals surface area contributed by atoms with E-state index in [1.807, 2.05) is 54.6 Å². The molecule has 0 unspecified atom stereocenters. The third-order valence-electron chi connectivity index (χ3n) is 3.22. The highest BCUT2D eigenvalue weighted by Crippen LogP contribution is 2.29. The van der Waals surface area contributed by atoms with Crippen molar-refractivity contribution < 1.29 is 4.79 Å². The molecule has 1 amide bonds. The average Bonchev–Trinajstić information content (AvgIpc) is 2.87. The number of amides is 1.